The second-order valence-corrected chi connectivity index (χ2v) is 3.95. The van der Waals surface area contributed by atoms with Gasteiger partial charge in [-0.25, -0.2) is 0 Å². The largest absolute Gasteiger partial charge is 0.379 e. The molecule has 0 saturated heterocycles. The van der Waals surface area contributed by atoms with Crippen LogP contribution in [0, 0.1) is 5.92 Å². The zero-order valence-corrected chi connectivity index (χ0v) is 10.1. The summed E-state index contributed by atoms with van der Waals surface area (Å²) in [5, 5.41) is 0. The van der Waals surface area contributed by atoms with Gasteiger partial charge in [0.1, 0.15) is 0 Å². The highest BCUT2D eigenvalue weighted by Gasteiger charge is 2.37. The highest BCUT2D eigenvalue weighted by Crippen LogP contribution is 2.33. The molecule has 90 valence electrons. The van der Waals surface area contributed by atoms with Gasteiger partial charge in [-0.2, -0.15) is 0 Å². The molecule has 0 radical (unpaired) electrons. The summed E-state index contributed by atoms with van der Waals surface area (Å²) >= 11 is 0. The van der Waals surface area contributed by atoms with Crippen LogP contribution in [0.1, 0.15) is 19.3 Å². The molecule has 1 aliphatic rings. The number of hydrogen-bond acceptors (Lipinski definition) is 4. The Kier molecular flexibility index (Phi) is 5.53. The lowest BCUT2D eigenvalue weighted by Crippen LogP contribution is -2.31. The zero-order valence-electron chi connectivity index (χ0n) is 10.1. The molecule has 3 atom stereocenters. The third kappa shape index (κ3) is 3.14. The SMILES string of the molecule is COC(CC1CCC(OC)C1OC)OC. The van der Waals surface area contributed by atoms with E-state index in [-0.39, 0.29) is 18.5 Å². The van der Waals surface area contributed by atoms with Crippen molar-refractivity contribution in [2.45, 2.75) is 37.8 Å². The average Bonchev–Trinajstić information content (AvgIpc) is 2.67. The van der Waals surface area contributed by atoms with Gasteiger partial charge in [-0.15, -0.1) is 0 Å². The lowest BCUT2D eigenvalue weighted by molar-refractivity contribution is -0.126. The van der Waals surface area contributed by atoms with Crippen LogP contribution in [-0.2, 0) is 18.9 Å². The zero-order chi connectivity index (χ0) is 11.3. The molecule has 0 aromatic rings. The van der Waals surface area contributed by atoms with Crippen molar-refractivity contribution in [3.8, 4) is 0 Å². The quantitative estimate of drug-likeness (QED) is 0.632. The van der Waals surface area contributed by atoms with Gasteiger partial charge >= 0.3 is 0 Å². The monoisotopic (exact) mass is 218 g/mol. The molecule has 0 bridgehead atoms. The summed E-state index contributed by atoms with van der Waals surface area (Å²) in [7, 11) is 6.81. The molecule has 15 heavy (non-hydrogen) atoms. The molecule has 0 spiro atoms. The Balaban J connectivity index is 2.47. The topological polar surface area (TPSA) is 36.9 Å². The lowest BCUT2D eigenvalue weighted by atomic mass is 10.0. The molecule has 0 heterocycles. The van der Waals surface area contributed by atoms with Crippen molar-refractivity contribution in [3.05, 3.63) is 0 Å². The van der Waals surface area contributed by atoms with Gasteiger partial charge in [0.2, 0.25) is 0 Å². The maximum atomic E-state index is 5.48. The summed E-state index contributed by atoms with van der Waals surface area (Å²) in [6, 6.07) is 0. The molecule has 1 rings (SSSR count). The van der Waals surface area contributed by atoms with E-state index in [9.17, 15) is 0 Å². The maximum Gasteiger partial charge on any atom is 0.157 e. The standard InChI is InChI=1S/C11H22O4/c1-12-9-6-5-8(11(9)15-4)7-10(13-2)14-3/h8-11H,5-7H2,1-4H3. The van der Waals surface area contributed by atoms with E-state index in [0.717, 1.165) is 19.3 Å². The molecule has 4 heteroatoms. The Hall–Kier alpha value is -0.160. The molecule has 0 aliphatic heterocycles. The van der Waals surface area contributed by atoms with E-state index in [1.54, 1.807) is 28.4 Å². The number of methoxy groups -OCH3 is 4. The summed E-state index contributed by atoms with van der Waals surface area (Å²) in [5.74, 6) is 0.463. The Bertz CT molecular complexity index is 170. The van der Waals surface area contributed by atoms with Crippen LogP contribution in [0.2, 0.25) is 0 Å². The Morgan fingerprint density at radius 3 is 2.13 bits per heavy atom. The predicted molar refractivity (Wildman–Crippen MR) is 56.7 cm³/mol. The van der Waals surface area contributed by atoms with Crippen LogP contribution < -0.4 is 0 Å². The van der Waals surface area contributed by atoms with Gasteiger partial charge in [-0.3, -0.25) is 0 Å². The predicted octanol–water partition coefficient (Wildman–Crippen LogP) is 1.44. The highest BCUT2D eigenvalue weighted by molar-refractivity contribution is 4.87. The van der Waals surface area contributed by atoms with Crippen molar-refractivity contribution < 1.29 is 18.9 Å². The van der Waals surface area contributed by atoms with Crippen LogP contribution in [0.5, 0.6) is 0 Å². The fraction of sp³-hybridized carbons (Fsp3) is 1.00. The first-order valence-electron chi connectivity index (χ1n) is 5.38. The van der Waals surface area contributed by atoms with Crippen LogP contribution in [0.15, 0.2) is 0 Å². The van der Waals surface area contributed by atoms with E-state index < -0.39 is 0 Å². The van der Waals surface area contributed by atoms with Crippen molar-refractivity contribution in [2.75, 3.05) is 28.4 Å². The van der Waals surface area contributed by atoms with Crippen molar-refractivity contribution >= 4 is 0 Å². The Labute approximate surface area is 91.8 Å². The summed E-state index contributed by atoms with van der Waals surface area (Å²) in [5.41, 5.74) is 0. The Morgan fingerprint density at radius 1 is 1.00 bits per heavy atom. The third-order valence-corrected chi connectivity index (χ3v) is 3.25. The smallest absolute Gasteiger partial charge is 0.157 e. The normalized spacial score (nSPS) is 31.4. The van der Waals surface area contributed by atoms with E-state index in [4.69, 9.17) is 18.9 Å². The van der Waals surface area contributed by atoms with Gasteiger partial charge in [0.25, 0.3) is 0 Å². The molecule has 1 saturated carbocycles. The van der Waals surface area contributed by atoms with E-state index in [0.29, 0.717) is 5.92 Å². The molecule has 3 unspecified atom stereocenters. The van der Waals surface area contributed by atoms with Crippen molar-refractivity contribution in [1.82, 2.24) is 0 Å². The third-order valence-electron chi connectivity index (χ3n) is 3.25. The summed E-state index contributed by atoms with van der Waals surface area (Å²) in [4.78, 5) is 0. The molecule has 1 aliphatic carbocycles. The van der Waals surface area contributed by atoms with Gasteiger partial charge in [-0.05, 0) is 18.8 Å². The average molecular weight is 218 g/mol. The van der Waals surface area contributed by atoms with Crippen LogP contribution in [0.3, 0.4) is 0 Å². The second kappa shape index (κ2) is 6.43. The fourth-order valence-electron chi connectivity index (χ4n) is 2.39. The van der Waals surface area contributed by atoms with Gasteiger partial charge in [-0.1, -0.05) is 0 Å². The second-order valence-electron chi connectivity index (χ2n) is 3.95. The van der Waals surface area contributed by atoms with Crippen LogP contribution >= 0.6 is 0 Å². The van der Waals surface area contributed by atoms with Crippen molar-refractivity contribution in [1.29, 1.82) is 0 Å². The molecule has 1 fully saturated rings. The van der Waals surface area contributed by atoms with E-state index >= 15 is 0 Å². The number of ether oxygens (including phenoxy) is 4. The van der Waals surface area contributed by atoms with Crippen molar-refractivity contribution in [3.63, 3.8) is 0 Å². The summed E-state index contributed by atoms with van der Waals surface area (Å²) < 4.78 is 21.3. The fourth-order valence-corrected chi connectivity index (χ4v) is 2.39. The van der Waals surface area contributed by atoms with Crippen LogP contribution in [0.25, 0.3) is 0 Å². The van der Waals surface area contributed by atoms with E-state index in [1.807, 2.05) is 0 Å². The van der Waals surface area contributed by atoms with Gasteiger partial charge in [0.15, 0.2) is 6.29 Å². The molecule has 4 nitrogen and oxygen atoms in total. The minimum Gasteiger partial charge on any atom is -0.379 e. The molecular weight excluding hydrogens is 196 g/mol. The van der Waals surface area contributed by atoms with Crippen molar-refractivity contribution in [2.24, 2.45) is 5.92 Å². The minimum atomic E-state index is -0.136. The van der Waals surface area contributed by atoms with Gasteiger partial charge in [0, 0.05) is 34.9 Å². The molecule has 0 N–H and O–H groups in total. The van der Waals surface area contributed by atoms with Crippen LogP contribution in [-0.4, -0.2) is 46.9 Å². The summed E-state index contributed by atoms with van der Waals surface area (Å²) in [6.45, 7) is 0. The van der Waals surface area contributed by atoms with Gasteiger partial charge < -0.3 is 18.9 Å². The molecular formula is C11H22O4. The first-order valence-corrected chi connectivity index (χ1v) is 5.38. The highest BCUT2D eigenvalue weighted by atomic mass is 16.7. The van der Waals surface area contributed by atoms with Crippen LogP contribution in [0.4, 0.5) is 0 Å². The number of rotatable bonds is 6. The Morgan fingerprint density at radius 2 is 1.67 bits per heavy atom. The van der Waals surface area contributed by atoms with Gasteiger partial charge in [0.05, 0.1) is 12.2 Å². The maximum absolute atomic E-state index is 5.48. The molecule has 0 aromatic heterocycles. The summed E-state index contributed by atoms with van der Waals surface area (Å²) in [6.07, 6.45) is 3.28. The lowest BCUT2D eigenvalue weighted by Gasteiger charge is -2.25. The minimum absolute atomic E-state index is 0.136. The molecule has 0 amide bonds. The number of hydrogen-bond donors (Lipinski definition) is 0. The first-order chi connectivity index (χ1) is 7.26. The first kappa shape index (κ1) is 12.9. The van der Waals surface area contributed by atoms with E-state index in [1.165, 1.54) is 0 Å². The molecule has 0 aromatic carbocycles. The van der Waals surface area contributed by atoms with E-state index in [2.05, 4.69) is 0 Å².